The number of nitrogen functional groups attached to an aromatic ring is 1. The van der Waals surface area contributed by atoms with Crippen molar-refractivity contribution in [3.63, 3.8) is 0 Å². The maximum absolute atomic E-state index is 13.2. The van der Waals surface area contributed by atoms with Crippen molar-refractivity contribution >= 4 is 21.4 Å². The average Bonchev–Trinajstić information content (AvgIpc) is 2.44. The summed E-state index contributed by atoms with van der Waals surface area (Å²) in [6.07, 6.45) is 0. The van der Waals surface area contributed by atoms with Gasteiger partial charge in [0.15, 0.2) is 0 Å². The molecule has 0 saturated heterocycles. The second kappa shape index (κ2) is 5.33. The van der Waals surface area contributed by atoms with Crippen LogP contribution in [0.4, 0.5) is 20.2 Å². The zero-order valence-corrected chi connectivity index (χ0v) is 12.3. The predicted molar refractivity (Wildman–Crippen MR) is 77.5 cm³/mol. The number of sulfonamides is 1. The second-order valence-corrected chi connectivity index (χ2v) is 6.56. The molecule has 2 N–H and O–H groups in total. The minimum absolute atomic E-state index is 0.0493. The molecule has 0 atom stereocenters. The summed E-state index contributed by atoms with van der Waals surface area (Å²) < 4.78 is 52.3. The molecule has 7 heteroatoms. The van der Waals surface area contributed by atoms with Gasteiger partial charge in [-0.15, -0.1) is 0 Å². The Labute approximate surface area is 121 Å². The van der Waals surface area contributed by atoms with E-state index in [4.69, 9.17) is 5.73 Å². The number of halogens is 2. The van der Waals surface area contributed by atoms with Crippen molar-refractivity contribution in [2.45, 2.75) is 11.8 Å². The first kappa shape index (κ1) is 15.2. The van der Waals surface area contributed by atoms with Gasteiger partial charge in [-0.2, -0.15) is 0 Å². The normalized spacial score (nSPS) is 11.4. The van der Waals surface area contributed by atoms with Gasteiger partial charge in [0, 0.05) is 7.05 Å². The number of hydrogen-bond acceptors (Lipinski definition) is 3. The van der Waals surface area contributed by atoms with Gasteiger partial charge in [0.05, 0.1) is 16.3 Å². The topological polar surface area (TPSA) is 63.4 Å². The monoisotopic (exact) mass is 312 g/mol. The molecule has 2 aromatic carbocycles. The lowest BCUT2D eigenvalue weighted by atomic mass is 10.2. The lowest BCUT2D eigenvalue weighted by Gasteiger charge is -2.20. The van der Waals surface area contributed by atoms with E-state index in [-0.39, 0.29) is 21.8 Å². The molecule has 0 unspecified atom stereocenters. The Hall–Kier alpha value is -2.15. The highest BCUT2D eigenvalue weighted by atomic mass is 32.2. The summed E-state index contributed by atoms with van der Waals surface area (Å²) in [7, 11) is -2.55. The highest BCUT2D eigenvalue weighted by Gasteiger charge is 2.22. The highest BCUT2D eigenvalue weighted by molar-refractivity contribution is 7.92. The lowest BCUT2D eigenvalue weighted by Crippen LogP contribution is -2.26. The van der Waals surface area contributed by atoms with Crippen molar-refractivity contribution in [2.75, 3.05) is 17.1 Å². The summed E-state index contributed by atoms with van der Waals surface area (Å²) in [5, 5.41) is 0. The minimum atomic E-state index is -3.87. The van der Waals surface area contributed by atoms with Gasteiger partial charge in [-0.1, -0.05) is 0 Å². The van der Waals surface area contributed by atoms with Crippen molar-refractivity contribution in [3.8, 4) is 0 Å². The zero-order chi connectivity index (χ0) is 15.8. The van der Waals surface area contributed by atoms with Crippen LogP contribution in [0, 0.1) is 18.6 Å². The molecule has 0 bridgehead atoms. The van der Waals surface area contributed by atoms with E-state index in [1.165, 1.54) is 38.2 Å². The molecule has 0 amide bonds. The number of nitrogens with two attached hydrogens (primary N) is 1. The number of aryl methyl sites for hydroxylation is 1. The quantitative estimate of drug-likeness (QED) is 0.886. The molecule has 0 aliphatic heterocycles. The van der Waals surface area contributed by atoms with Crippen LogP contribution in [0.25, 0.3) is 0 Å². The summed E-state index contributed by atoms with van der Waals surface area (Å²) in [6.45, 7) is 1.48. The molecule has 2 aromatic rings. The van der Waals surface area contributed by atoms with Crippen LogP contribution < -0.4 is 10.0 Å². The second-order valence-electron chi connectivity index (χ2n) is 4.59. The van der Waals surface area contributed by atoms with Gasteiger partial charge in [0.25, 0.3) is 10.0 Å². The average molecular weight is 312 g/mol. The fraction of sp³-hybridized carbons (Fsp3) is 0.143. The van der Waals surface area contributed by atoms with E-state index in [0.29, 0.717) is 0 Å². The SMILES string of the molecule is Cc1cc(S(=O)(=O)N(C)c2ccc(F)c(N)c2)ccc1F. The van der Waals surface area contributed by atoms with Gasteiger partial charge in [0.2, 0.25) is 0 Å². The molecule has 112 valence electrons. The molecule has 0 saturated carbocycles. The van der Waals surface area contributed by atoms with Gasteiger partial charge < -0.3 is 5.73 Å². The van der Waals surface area contributed by atoms with E-state index in [9.17, 15) is 17.2 Å². The predicted octanol–water partition coefficient (Wildman–Crippen LogP) is 2.68. The van der Waals surface area contributed by atoms with Gasteiger partial charge >= 0.3 is 0 Å². The van der Waals surface area contributed by atoms with E-state index in [1.54, 1.807) is 0 Å². The summed E-state index contributed by atoms with van der Waals surface area (Å²) >= 11 is 0. The van der Waals surface area contributed by atoms with E-state index in [1.807, 2.05) is 0 Å². The Morgan fingerprint density at radius 1 is 1.05 bits per heavy atom. The van der Waals surface area contributed by atoms with Crippen molar-refractivity contribution in [3.05, 3.63) is 53.6 Å². The molecule has 0 aromatic heterocycles. The first-order valence-corrected chi connectivity index (χ1v) is 7.47. The highest BCUT2D eigenvalue weighted by Crippen LogP contribution is 2.25. The van der Waals surface area contributed by atoms with E-state index in [0.717, 1.165) is 16.4 Å². The lowest BCUT2D eigenvalue weighted by molar-refractivity contribution is 0.592. The molecule has 0 fully saturated rings. The number of rotatable bonds is 3. The van der Waals surface area contributed by atoms with Crippen molar-refractivity contribution in [1.29, 1.82) is 0 Å². The standard InChI is InChI=1S/C14H14F2N2O2S/c1-9-7-11(4-6-12(9)15)21(19,20)18(2)10-3-5-13(16)14(17)8-10/h3-8H,17H2,1-2H3. The maximum atomic E-state index is 13.2. The van der Waals surface area contributed by atoms with E-state index in [2.05, 4.69) is 0 Å². The molecule has 2 rings (SSSR count). The number of anilines is 2. The Balaban J connectivity index is 2.46. The van der Waals surface area contributed by atoms with Crippen LogP contribution in [0.5, 0.6) is 0 Å². The number of benzene rings is 2. The Morgan fingerprint density at radius 3 is 2.24 bits per heavy atom. The molecular formula is C14H14F2N2O2S. The van der Waals surface area contributed by atoms with Crippen LogP contribution in [-0.2, 0) is 10.0 Å². The van der Waals surface area contributed by atoms with Crippen LogP contribution in [-0.4, -0.2) is 15.5 Å². The van der Waals surface area contributed by atoms with Gasteiger partial charge in [-0.25, -0.2) is 17.2 Å². The third kappa shape index (κ3) is 2.82. The largest absolute Gasteiger partial charge is 0.396 e. The van der Waals surface area contributed by atoms with Crippen LogP contribution in [0.1, 0.15) is 5.56 Å². The third-order valence-electron chi connectivity index (χ3n) is 3.13. The Morgan fingerprint density at radius 2 is 1.67 bits per heavy atom. The fourth-order valence-electron chi connectivity index (χ4n) is 1.80. The molecule has 0 spiro atoms. The molecular weight excluding hydrogens is 298 g/mol. The van der Waals surface area contributed by atoms with Crippen LogP contribution in [0.2, 0.25) is 0 Å². The smallest absolute Gasteiger partial charge is 0.264 e. The molecule has 0 heterocycles. The van der Waals surface area contributed by atoms with Crippen molar-refractivity contribution in [2.24, 2.45) is 0 Å². The summed E-state index contributed by atoms with van der Waals surface area (Å²) in [5.74, 6) is -1.11. The number of hydrogen-bond donors (Lipinski definition) is 1. The molecule has 4 nitrogen and oxygen atoms in total. The van der Waals surface area contributed by atoms with Gasteiger partial charge in [0.1, 0.15) is 11.6 Å². The Kier molecular flexibility index (Phi) is 3.87. The first-order valence-electron chi connectivity index (χ1n) is 6.03. The van der Waals surface area contributed by atoms with Crippen LogP contribution >= 0.6 is 0 Å². The summed E-state index contributed by atoms with van der Waals surface area (Å²) in [6, 6.07) is 7.14. The van der Waals surface area contributed by atoms with Crippen LogP contribution in [0.15, 0.2) is 41.3 Å². The fourth-order valence-corrected chi connectivity index (χ4v) is 3.07. The first-order chi connectivity index (χ1) is 9.73. The molecule has 0 radical (unpaired) electrons. The Bertz CT molecular complexity index is 792. The van der Waals surface area contributed by atoms with E-state index < -0.39 is 21.7 Å². The van der Waals surface area contributed by atoms with Gasteiger partial charge in [-0.05, 0) is 48.9 Å². The van der Waals surface area contributed by atoms with Crippen LogP contribution in [0.3, 0.4) is 0 Å². The summed E-state index contributed by atoms with van der Waals surface area (Å²) in [4.78, 5) is -0.0493. The number of nitrogens with zero attached hydrogens (tertiary/aromatic N) is 1. The summed E-state index contributed by atoms with van der Waals surface area (Å²) in [5.41, 5.74) is 5.73. The maximum Gasteiger partial charge on any atom is 0.264 e. The van der Waals surface area contributed by atoms with Crippen molar-refractivity contribution in [1.82, 2.24) is 0 Å². The van der Waals surface area contributed by atoms with E-state index >= 15 is 0 Å². The molecule has 0 aliphatic carbocycles. The molecule has 0 aliphatic rings. The third-order valence-corrected chi connectivity index (χ3v) is 4.91. The molecule has 21 heavy (non-hydrogen) atoms. The zero-order valence-electron chi connectivity index (χ0n) is 11.5. The minimum Gasteiger partial charge on any atom is -0.396 e. The van der Waals surface area contributed by atoms with Gasteiger partial charge in [-0.3, -0.25) is 4.31 Å². The van der Waals surface area contributed by atoms with Crippen molar-refractivity contribution < 1.29 is 17.2 Å².